The number of ether oxygens (including phenoxy) is 2. The monoisotopic (exact) mass is 208 g/mol. The summed E-state index contributed by atoms with van der Waals surface area (Å²) in [7, 11) is 2.25. The highest BCUT2D eigenvalue weighted by Crippen LogP contribution is 2.10. The molecule has 0 fully saturated rings. The van der Waals surface area contributed by atoms with Crippen LogP contribution in [0.1, 0.15) is 20.8 Å². The van der Waals surface area contributed by atoms with Crippen LogP contribution in [0.25, 0.3) is 0 Å². The molecule has 80 valence electrons. The second kappa shape index (κ2) is 6.51. The fraction of sp³-hybridized carbons (Fsp3) is 1.00. The lowest BCUT2D eigenvalue weighted by molar-refractivity contribution is -0.0848. The Hall–Kier alpha value is 0.0700. The lowest BCUT2D eigenvalue weighted by Gasteiger charge is -2.18. The lowest BCUT2D eigenvalue weighted by atomic mass is 10.2. The van der Waals surface area contributed by atoms with Crippen molar-refractivity contribution in [3.8, 4) is 0 Å². The second-order valence-electron chi connectivity index (χ2n) is 3.40. The van der Waals surface area contributed by atoms with Crippen LogP contribution in [-0.4, -0.2) is 35.7 Å². The van der Waals surface area contributed by atoms with Crippen LogP contribution < -0.4 is 0 Å². The number of hydrogen-bond acceptors (Lipinski definition) is 3. The summed E-state index contributed by atoms with van der Waals surface area (Å²) in [5.74, 6) is 0.877. The molecule has 0 saturated carbocycles. The summed E-state index contributed by atoms with van der Waals surface area (Å²) >= 11 is 0. The van der Waals surface area contributed by atoms with Gasteiger partial charge < -0.3 is 9.47 Å². The van der Waals surface area contributed by atoms with Crippen molar-refractivity contribution in [1.82, 2.24) is 0 Å². The molecule has 3 nitrogen and oxygen atoms in total. The number of rotatable bonds is 6. The van der Waals surface area contributed by atoms with Gasteiger partial charge in [0.15, 0.2) is 6.29 Å². The molecule has 0 aromatic heterocycles. The van der Waals surface area contributed by atoms with Crippen LogP contribution in [0.15, 0.2) is 0 Å². The maximum Gasteiger partial charge on any atom is 0.168 e. The molecule has 13 heavy (non-hydrogen) atoms. The zero-order chi connectivity index (χ0) is 10.4. The molecule has 0 rings (SSSR count). The largest absolute Gasteiger partial charge is 0.355 e. The Bertz CT molecular complexity index is 155. The van der Waals surface area contributed by atoms with E-state index in [1.54, 1.807) is 14.2 Å². The summed E-state index contributed by atoms with van der Waals surface area (Å²) in [5.41, 5.74) is 0. The van der Waals surface area contributed by atoms with Gasteiger partial charge >= 0.3 is 0 Å². The molecule has 0 spiro atoms. The van der Waals surface area contributed by atoms with Gasteiger partial charge in [-0.25, -0.2) is 0 Å². The average molecular weight is 208 g/mol. The first kappa shape index (κ1) is 13.1. The van der Waals surface area contributed by atoms with Crippen molar-refractivity contribution in [2.75, 3.05) is 20.0 Å². The molecule has 0 aromatic carbocycles. The van der Waals surface area contributed by atoms with Crippen LogP contribution in [0.2, 0.25) is 0 Å². The van der Waals surface area contributed by atoms with E-state index in [-0.39, 0.29) is 11.5 Å². The second-order valence-corrected chi connectivity index (χ2v) is 5.24. The first-order valence-electron chi connectivity index (χ1n) is 4.45. The third-order valence-corrected chi connectivity index (χ3v) is 4.15. The Morgan fingerprint density at radius 2 is 1.62 bits per heavy atom. The minimum absolute atomic E-state index is 0.188. The predicted molar refractivity (Wildman–Crippen MR) is 55.1 cm³/mol. The maximum absolute atomic E-state index is 11.7. The maximum atomic E-state index is 11.7. The van der Waals surface area contributed by atoms with Crippen LogP contribution in [0.5, 0.6) is 0 Å². The molecule has 0 bridgehead atoms. The van der Waals surface area contributed by atoms with Gasteiger partial charge in [-0.1, -0.05) is 20.8 Å². The Morgan fingerprint density at radius 1 is 1.15 bits per heavy atom. The summed E-state index contributed by atoms with van der Waals surface area (Å²) in [6.07, 6.45) is -0.345. The van der Waals surface area contributed by atoms with Crippen molar-refractivity contribution in [2.24, 2.45) is 5.92 Å². The van der Waals surface area contributed by atoms with Gasteiger partial charge in [0, 0.05) is 30.3 Å². The van der Waals surface area contributed by atoms with Gasteiger partial charge in [0.05, 0.1) is 5.75 Å². The van der Waals surface area contributed by atoms with E-state index in [1.165, 1.54) is 0 Å². The zero-order valence-corrected chi connectivity index (χ0v) is 9.89. The fourth-order valence-electron chi connectivity index (χ4n) is 0.822. The Balaban J connectivity index is 3.98. The molecule has 0 aromatic rings. The highest BCUT2D eigenvalue weighted by molar-refractivity contribution is 7.85. The fourth-order valence-corrected chi connectivity index (χ4v) is 2.27. The number of methoxy groups -OCH3 is 2. The van der Waals surface area contributed by atoms with Gasteiger partial charge in [-0.3, -0.25) is 4.21 Å². The van der Waals surface area contributed by atoms with E-state index >= 15 is 0 Å². The summed E-state index contributed by atoms with van der Waals surface area (Å²) in [4.78, 5) is 0. The molecule has 0 aliphatic heterocycles. The SMILES string of the molecule is COC(CS(=O)C(C)C(C)C)OC. The first-order valence-corrected chi connectivity index (χ1v) is 5.83. The summed E-state index contributed by atoms with van der Waals surface area (Å²) in [6, 6.07) is 0. The van der Waals surface area contributed by atoms with Gasteiger partial charge in [-0.15, -0.1) is 0 Å². The smallest absolute Gasteiger partial charge is 0.168 e. The number of hydrogen-bond donors (Lipinski definition) is 0. The van der Waals surface area contributed by atoms with E-state index < -0.39 is 10.8 Å². The topological polar surface area (TPSA) is 35.5 Å². The first-order chi connectivity index (χ1) is 6.02. The van der Waals surface area contributed by atoms with Gasteiger partial charge in [-0.05, 0) is 5.92 Å². The molecule has 0 radical (unpaired) electrons. The van der Waals surface area contributed by atoms with Crippen LogP contribution in [-0.2, 0) is 20.3 Å². The van der Waals surface area contributed by atoms with Gasteiger partial charge in [0.2, 0.25) is 0 Å². The predicted octanol–water partition coefficient (Wildman–Crippen LogP) is 1.40. The van der Waals surface area contributed by atoms with Crippen molar-refractivity contribution >= 4 is 10.8 Å². The zero-order valence-electron chi connectivity index (χ0n) is 9.07. The molecular formula is C9H20O3S. The van der Waals surface area contributed by atoms with E-state index in [1.807, 2.05) is 6.92 Å². The summed E-state index contributed by atoms with van der Waals surface area (Å²) in [6.45, 7) is 6.12. The third-order valence-electron chi connectivity index (χ3n) is 2.18. The molecule has 0 heterocycles. The van der Waals surface area contributed by atoms with E-state index in [9.17, 15) is 4.21 Å². The van der Waals surface area contributed by atoms with Crippen LogP contribution in [0, 0.1) is 5.92 Å². The molecule has 0 amide bonds. The van der Waals surface area contributed by atoms with Gasteiger partial charge in [-0.2, -0.15) is 0 Å². The third kappa shape index (κ3) is 4.74. The van der Waals surface area contributed by atoms with Crippen molar-refractivity contribution in [3.05, 3.63) is 0 Å². The minimum atomic E-state index is -0.875. The van der Waals surface area contributed by atoms with Crippen LogP contribution >= 0.6 is 0 Å². The van der Waals surface area contributed by atoms with Crippen molar-refractivity contribution in [3.63, 3.8) is 0 Å². The van der Waals surface area contributed by atoms with Crippen molar-refractivity contribution in [1.29, 1.82) is 0 Å². The normalized spacial score (nSPS) is 16.5. The van der Waals surface area contributed by atoms with E-state index in [0.29, 0.717) is 11.7 Å². The van der Waals surface area contributed by atoms with Gasteiger partial charge in [0.1, 0.15) is 0 Å². The Labute approximate surface area is 83.3 Å². The molecule has 0 aliphatic carbocycles. The molecule has 2 atom stereocenters. The summed E-state index contributed by atoms with van der Waals surface area (Å²) in [5, 5.41) is 0.188. The lowest BCUT2D eigenvalue weighted by Crippen LogP contribution is -2.28. The van der Waals surface area contributed by atoms with Crippen molar-refractivity contribution < 1.29 is 13.7 Å². The molecule has 2 unspecified atom stereocenters. The van der Waals surface area contributed by atoms with E-state index in [2.05, 4.69) is 13.8 Å². The van der Waals surface area contributed by atoms with E-state index in [0.717, 1.165) is 0 Å². The highest BCUT2D eigenvalue weighted by Gasteiger charge is 2.18. The van der Waals surface area contributed by atoms with Crippen LogP contribution in [0.3, 0.4) is 0 Å². The highest BCUT2D eigenvalue weighted by atomic mass is 32.2. The molecule has 4 heteroatoms. The Kier molecular flexibility index (Phi) is 6.55. The minimum Gasteiger partial charge on any atom is -0.355 e. The van der Waals surface area contributed by atoms with Crippen LogP contribution in [0.4, 0.5) is 0 Å². The van der Waals surface area contributed by atoms with Crippen molar-refractivity contribution in [2.45, 2.75) is 32.3 Å². The average Bonchev–Trinajstić information content (AvgIpc) is 2.12. The van der Waals surface area contributed by atoms with E-state index in [4.69, 9.17) is 9.47 Å². The van der Waals surface area contributed by atoms with Gasteiger partial charge in [0.25, 0.3) is 0 Å². The molecule has 0 aliphatic rings. The quantitative estimate of drug-likeness (QED) is 0.619. The Morgan fingerprint density at radius 3 is 1.92 bits per heavy atom. The molecule has 0 N–H and O–H groups in total. The standard InChI is InChI=1S/C9H20O3S/c1-7(2)8(3)13(10)6-9(11-4)12-5/h7-9H,6H2,1-5H3. The molecular weight excluding hydrogens is 188 g/mol. The molecule has 0 saturated heterocycles. The summed E-state index contributed by atoms with van der Waals surface area (Å²) < 4.78 is 21.6.